The Morgan fingerprint density at radius 2 is 2.32 bits per heavy atom. The zero-order chi connectivity index (χ0) is 13.5. The molecule has 2 aromatic heterocycles. The molecule has 0 atom stereocenters. The fourth-order valence-corrected chi connectivity index (χ4v) is 4.05. The van der Waals surface area contributed by atoms with Crippen molar-refractivity contribution in [2.24, 2.45) is 11.8 Å². The van der Waals surface area contributed by atoms with Crippen LogP contribution < -0.4 is 16.0 Å². The van der Waals surface area contributed by atoms with Crippen molar-refractivity contribution >= 4 is 32.1 Å². The minimum Gasteiger partial charge on any atom is -0.306 e. The Morgan fingerprint density at radius 1 is 1.53 bits per heavy atom. The normalized spacial score (nSPS) is 16.1. The van der Waals surface area contributed by atoms with Crippen LogP contribution in [0.1, 0.15) is 19.3 Å². The van der Waals surface area contributed by atoms with Crippen LogP contribution in [-0.2, 0) is 10.0 Å². The number of nitrogen functional groups attached to an aromatic ring is 1. The van der Waals surface area contributed by atoms with Crippen LogP contribution in [0.15, 0.2) is 16.6 Å². The Balaban J connectivity index is 1.89. The summed E-state index contributed by atoms with van der Waals surface area (Å²) in [5.74, 6) is 6.20. The predicted octanol–water partition coefficient (Wildman–Crippen LogP) is 0.760. The number of imidazole rings is 1. The van der Waals surface area contributed by atoms with Gasteiger partial charge < -0.3 is 5.43 Å². The number of fused-ring (bicyclic) bond motifs is 1. The molecule has 1 fully saturated rings. The van der Waals surface area contributed by atoms with E-state index in [9.17, 15) is 8.42 Å². The van der Waals surface area contributed by atoms with Gasteiger partial charge in [0, 0.05) is 18.1 Å². The quantitative estimate of drug-likeness (QED) is 0.540. The molecule has 3 rings (SSSR count). The van der Waals surface area contributed by atoms with Gasteiger partial charge in [-0.25, -0.2) is 19.0 Å². The SMILES string of the molecule is NNc1nc2sccn2c1S(=O)(=O)NCCC1CC1. The zero-order valence-electron chi connectivity index (χ0n) is 10.2. The summed E-state index contributed by atoms with van der Waals surface area (Å²) in [4.78, 5) is 4.73. The molecule has 0 unspecified atom stereocenters. The van der Waals surface area contributed by atoms with Crippen molar-refractivity contribution in [2.75, 3.05) is 12.0 Å². The summed E-state index contributed by atoms with van der Waals surface area (Å²) < 4.78 is 28.8. The third-order valence-corrected chi connectivity index (χ3v) is 5.39. The first-order valence-electron chi connectivity index (χ1n) is 6.03. The number of nitrogens with one attached hydrogen (secondary N) is 2. The molecule has 0 aliphatic heterocycles. The van der Waals surface area contributed by atoms with Gasteiger partial charge >= 0.3 is 0 Å². The molecule has 0 aromatic carbocycles. The van der Waals surface area contributed by atoms with Crippen molar-refractivity contribution in [3.8, 4) is 0 Å². The topological polar surface area (TPSA) is 102 Å². The number of sulfonamides is 1. The molecule has 0 saturated heterocycles. The standard InChI is InChI=1S/C10H15N5O2S2/c11-14-8-9(15-5-6-18-10(15)13-8)19(16,17)12-4-3-7-1-2-7/h5-7,12,14H,1-4,11H2. The van der Waals surface area contributed by atoms with E-state index in [1.54, 1.807) is 11.6 Å². The van der Waals surface area contributed by atoms with Gasteiger partial charge in [-0.05, 0) is 12.3 Å². The van der Waals surface area contributed by atoms with Crippen LogP contribution >= 0.6 is 11.3 Å². The van der Waals surface area contributed by atoms with Gasteiger partial charge in [-0.2, -0.15) is 4.98 Å². The maximum Gasteiger partial charge on any atom is 0.260 e. The molecule has 4 N–H and O–H groups in total. The van der Waals surface area contributed by atoms with E-state index in [-0.39, 0.29) is 10.8 Å². The second-order valence-corrected chi connectivity index (χ2v) is 7.15. The molecule has 1 saturated carbocycles. The van der Waals surface area contributed by atoms with Crippen molar-refractivity contribution in [3.63, 3.8) is 0 Å². The van der Waals surface area contributed by atoms with Crippen molar-refractivity contribution in [3.05, 3.63) is 11.6 Å². The molecule has 2 heterocycles. The van der Waals surface area contributed by atoms with Crippen LogP contribution in [0.5, 0.6) is 0 Å². The third kappa shape index (κ3) is 2.46. The van der Waals surface area contributed by atoms with Gasteiger partial charge in [-0.3, -0.25) is 4.40 Å². The number of aromatic nitrogens is 2. The fraction of sp³-hybridized carbons (Fsp3) is 0.500. The maximum atomic E-state index is 12.3. The Morgan fingerprint density at radius 3 is 3.00 bits per heavy atom. The summed E-state index contributed by atoms with van der Waals surface area (Å²) >= 11 is 1.36. The first kappa shape index (κ1) is 12.9. The highest BCUT2D eigenvalue weighted by Gasteiger charge is 2.27. The van der Waals surface area contributed by atoms with Gasteiger partial charge in [0.05, 0.1) is 0 Å². The van der Waals surface area contributed by atoms with Gasteiger partial charge in [0.15, 0.2) is 10.8 Å². The molecule has 0 radical (unpaired) electrons. The first-order chi connectivity index (χ1) is 9.12. The minimum absolute atomic E-state index is 0.0713. The Bertz CT molecular complexity index is 686. The van der Waals surface area contributed by atoms with E-state index in [0.29, 0.717) is 17.4 Å². The average Bonchev–Trinajstić information content (AvgIpc) is 2.95. The number of anilines is 1. The number of nitrogens with two attached hydrogens (primary N) is 1. The van der Waals surface area contributed by atoms with E-state index in [1.807, 2.05) is 0 Å². The van der Waals surface area contributed by atoms with Crippen molar-refractivity contribution in [1.29, 1.82) is 0 Å². The lowest BCUT2D eigenvalue weighted by molar-refractivity contribution is 0.571. The molecule has 7 nitrogen and oxygen atoms in total. The highest BCUT2D eigenvalue weighted by molar-refractivity contribution is 7.89. The molecule has 104 valence electrons. The summed E-state index contributed by atoms with van der Waals surface area (Å²) in [7, 11) is -3.61. The van der Waals surface area contributed by atoms with Crippen LogP contribution in [0.2, 0.25) is 0 Å². The lowest BCUT2D eigenvalue weighted by Gasteiger charge is -2.07. The second-order valence-electron chi connectivity index (χ2n) is 4.60. The van der Waals surface area contributed by atoms with Crippen molar-refractivity contribution < 1.29 is 8.42 Å². The second kappa shape index (κ2) is 4.75. The maximum absolute atomic E-state index is 12.3. The Hall–Kier alpha value is -1.16. The molecule has 19 heavy (non-hydrogen) atoms. The largest absolute Gasteiger partial charge is 0.306 e. The number of nitrogens with zero attached hydrogens (tertiary/aromatic N) is 2. The summed E-state index contributed by atoms with van der Waals surface area (Å²) in [6, 6.07) is 0. The van der Waals surface area contributed by atoms with E-state index in [4.69, 9.17) is 5.84 Å². The van der Waals surface area contributed by atoms with Crippen LogP contribution in [0.3, 0.4) is 0 Å². The minimum atomic E-state index is -3.61. The molecular weight excluding hydrogens is 286 g/mol. The van der Waals surface area contributed by atoms with E-state index >= 15 is 0 Å². The van der Waals surface area contributed by atoms with Crippen LogP contribution in [0, 0.1) is 5.92 Å². The number of rotatable bonds is 6. The van der Waals surface area contributed by atoms with E-state index in [0.717, 1.165) is 6.42 Å². The lowest BCUT2D eigenvalue weighted by Crippen LogP contribution is -2.27. The molecule has 1 aliphatic carbocycles. The zero-order valence-corrected chi connectivity index (χ0v) is 11.8. The first-order valence-corrected chi connectivity index (χ1v) is 8.40. The number of hydrazine groups is 1. The fourth-order valence-electron chi connectivity index (χ4n) is 1.99. The Kier molecular flexibility index (Phi) is 3.21. The van der Waals surface area contributed by atoms with Gasteiger partial charge in [0.1, 0.15) is 0 Å². The molecule has 0 bridgehead atoms. The van der Waals surface area contributed by atoms with Gasteiger partial charge in [-0.15, -0.1) is 11.3 Å². The summed E-state index contributed by atoms with van der Waals surface area (Å²) in [5.41, 5.74) is 2.34. The highest BCUT2D eigenvalue weighted by Crippen LogP contribution is 2.32. The molecule has 2 aromatic rings. The van der Waals surface area contributed by atoms with E-state index in [2.05, 4.69) is 15.1 Å². The lowest BCUT2D eigenvalue weighted by atomic mass is 10.3. The molecule has 1 aliphatic rings. The van der Waals surface area contributed by atoms with Crippen LogP contribution in [0.4, 0.5) is 5.82 Å². The van der Waals surface area contributed by atoms with Crippen molar-refractivity contribution in [2.45, 2.75) is 24.3 Å². The molecule has 9 heteroatoms. The van der Waals surface area contributed by atoms with E-state index in [1.165, 1.54) is 28.6 Å². The van der Waals surface area contributed by atoms with Gasteiger partial charge in [-0.1, -0.05) is 12.8 Å². The number of hydrogen-bond donors (Lipinski definition) is 3. The average molecular weight is 301 g/mol. The number of hydrogen-bond acceptors (Lipinski definition) is 6. The van der Waals surface area contributed by atoms with Crippen LogP contribution in [-0.4, -0.2) is 24.3 Å². The molecular formula is C10H15N5O2S2. The molecule has 0 spiro atoms. The van der Waals surface area contributed by atoms with E-state index < -0.39 is 10.0 Å². The summed E-state index contributed by atoms with van der Waals surface area (Å²) in [6.45, 7) is 0.453. The molecule has 0 amide bonds. The predicted molar refractivity (Wildman–Crippen MR) is 73.4 cm³/mol. The van der Waals surface area contributed by atoms with Crippen molar-refractivity contribution in [1.82, 2.24) is 14.1 Å². The summed E-state index contributed by atoms with van der Waals surface area (Å²) in [6.07, 6.45) is 4.97. The highest BCUT2D eigenvalue weighted by atomic mass is 32.2. The number of thiazole rings is 1. The summed E-state index contributed by atoms with van der Waals surface area (Å²) in [5, 5.41) is 1.85. The third-order valence-electron chi connectivity index (χ3n) is 3.15. The van der Waals surface area contributed by atoms with Gasteiger partial charge in [0.2, 0.25) is 5.03 Å². The monoisotopic (exact) mass is 301 g/mol. The van der Waals surface area contributed by atoms with Gasteiger partial charge in [0.25, 0.3) is 10.0 Å². The smallest absolute Gasteiger partial charge is 0.260 e. The Labute approximate surface area is 114 Å². The van der Waals surface area contributed by atoms with Crippen LogP contribution in [0.25, 0.3) is 4.96 Å².